The van der Waals surface area contributed by atoms with E-state index in [1.54, 1.807) is 24.8 Å². The highest BCUT2D eigenvalue weighted by molar-refractivity contribution is 6.43. The lowest BCUT2D eigenvalue weighted by Crippen LogP contribution is -2.02. The Morgan fingerprint density at radius 2 is 0.833 bits per heavy atom. The average molecular weight is 540 g/mol. The second-order valence-corrected chi connectivity index (χ2v) is 9.96. The molecule has 0 atom stereocenters. The van der Waals surface area contributed by atoms with E-state index in [0.717, 1.165) is 79.0 Å². The second-order valence-electron chi connectivity index (χ2n) is 9.96. The van der Waals surface area contributed by atoms with Crippen LogP contribution >= 0.6 is 0 Å². The van der Waals surface area contributed by atoms with Crippen LogP contribution in [0.15, 0.2) is 171 Å². The molecule has 0 N–H and O–H groups in total. The van der Waals surface area contributed by atoms with Crippen molar-refractivity contribution in [3.63, 3.8) is 0 Å². The SMILES string of the molecule is C1=CC2=NC1=CC1=NC(=C(c3ccncc3)C3=NC(=CC4=NC(=C2)C=C4)C=C3)C(c2ccncc2)=C1c1ccncc1. The Morgan fingerprint density at radius 3 is 1.43 bits per heavy atom. The zero-order valence-electron chi connectivity index (χ0n) is 22.3. The molecule has 0 aromatic carbocycles. The quantitative estimate of drug-likeness (QED) is 0.389. The average Bonchev–Trinajstić information content (AvgIpc) is 3.84. The van der Waals surface area contributed by atoms with Crippen molar-refractivity contribution in [2.45, 2.75) is 0 Å². The minimum absolute atomic E-state index is 0.804. The molecule has 0 aliphatic carbocycles. The fourth-order valence-electron chi connectivity index (χ4n) is 5.45. The summed E-state index contributed by atoms with van der Waals surface area (Å²) in [5.41, 5.74) is 12.4. The molecule has 196 valence electrons. The summed E-state index contributed by atoms with van der Waals surface area (Å²) in [7, 11) is 0. The normalized spacial score (nSPS) is 18.5. The van der Waals surface area contributed by atoms with Gasteiger partial charge in [-0.15, -0.1) is 0 Å². The number of fused-ring (bicyclic) bond motifs is 4. The number of pyridine rings is 3. The lowest BCUT2D eigenvalue weighted by atomic mass is 9.89. The minimum atomic E-state index is 0.804. The Balaban J connectivity index is 1.49. The van der Waals surface area contributed by atoms with Gasteiger partial charge in [-0.3, -0.25) is 15.0 Å². The molecule has 0 saturated heterocycles. The molecule has 0 fully saturated rings. The molecule has 5 aliphatic rings. The predicted molar refractivity (Wildman–Crippen MR) is 168 cm³/mol. The van der Waals surface area contributed by atoms with Crippen LogP contribution in [0.2, 0.25) is 0 Å². The topological polar surface area (TPSA) is 88.1 Å². The summed E-state index contributed by atoms with van der Waals surface area (Å²) in [5.74, 6) is 0. The van der Waals surface area contributed by atoms with Crippen LogP contribution in [0.25, 0.3) is 16.7 Å². The molecule has 0 amide bonds. The van der Waals surface area contributed by atoms with Crippen molar-refractivity contribution in [3.05, 3.63) is 168 Å². The van der Waals surface area contributed by atoms with Crippen molar-refractivity contribution < 1.29 is 0 Å². The number of aromatic nitrogens is 3. The van der Waals surface area contributed by atoms with Crippen molar-refractivity contribution in [2.24, 2.45) is 20.0 Å². The third kappa shape index (κ3) is 4.30. The van der Waals surface area contributed by atoms with Gasteiger partial charge in [-0.05, 0) is 108 Å². The highest BCUT2D eigenvalue weighted by Crippen LogP contribution is 2.44. The maximum absolute atomic E-state index is 5.36. The first kappa shape index (κ1) is 23.9. The Labute approximate surface area is 242 Å². The van der Waals surface area contributed by atoms with Crippen molar-refractivity contribution in [3.8, 4) is 0 Å². The van der Waals surface area contributed by atoms with Crippen LogP contribution in [0.4, 0.5) is 0 Å². The molecule has 7 heteroatoms. The summed E-state index contributed by atoms with van der Waals surface area (Å²) in [4.78, 5) is 32.9. The first-order valence-electron chi connectivity index (χ1n) is 13.5. The molecule has 3 aromatic heterocycles. The van der Waals surface area contributed by atoms with E-state index in [4.69, 9.17) is 20.0 Å². The van der Waals surface area contributed by atoms with Gasteiger partial charge in [-0.25, -0.2) is 20.0 Å². The summed E-state index contributed by atoms with van der Waals surface area (Å²) in [6.45, 7) is 0. The molecule has 42 heavy (non-hydrogen) atoms. The predicted octanol–water partition coefficient (Wildman–Crippen LogP) is 6.35. The van der Waals surface area contributed by atoms with Crippen LogP contribution in [-0.4, -0.2) is 37.8 Å². The largest absolute Gasteiger partial charge is 0.265 e. The fourth-order valence-corrected chi connectivity index (χ4v) is 5.45. The van der Waals surface area contributed by atoms with Crippen molar-refractivity contribution in [2.75, 3.05) is 0 Å². The number of allylic oxidation sites excluding steroid dienone is 12. The summed E-state index contributed by atoms with van der Waals surface area (Å²) >= 11 is 0. The van der Waals surface area contributed by atoms with Crippen molar-refractivity contribution in [1.29, 1.82) is 0 Å². The van der Waals surface area contributed by atoms with Gasteiger partial charge in [0.2, 0.25) is 0 Å². The molecule has 7 nitrogen and oxygen atoms in total. The van der Waals surface area contributed by atoms with E-state index < -0.39 is 0 Å². The molecule has 8 rings (SSSR count). The molecule has 0 spiro atoms. The van der Waals surface area contributed by atoms with Crippen LogP contribution in [0, 0.1) is 0 Å². The van der Waals surface area contributed by atoms with E-state index in [2.05, 4.69) is 15.0 Å². The third-order valence-electron chi connectivity index (χ3n) is 7.28. The molecule has 3 aromatic rings. The lowest BCUT2D eigenvalue weighted by Gasteiger charge is -2.14. The summed E-state index contributed by atoms with van der Waals surface area (Å²) in [6, 6.07) is 12.1. The van der Waals surface area contributed by atoms with Gasteiger partial charge >= 0.3 is 0 Å². The summed E-state index contributed by atoms with van der Waals surface area (Å²) < 4.78 is 0. The molecular formula is C35H21N7. The number of hydrogen-bond acceptors (Lipinski definition) is 7. The molecule has 0 unspecified atom stereocenters. The van der Waals surface area contributed by atoms with E-state index in [9.17, 15) is 0 Å². The van der Waals surface area contributed by atoms with Gasteiger partial charge in [0.05, 0.1) is 45.6 Å². The Hall–Kier alpha value is -5.95. The van der Waals surface area contributed by atoms with Gasteiger partial charge in [-0.1, -0.05) is 0 Å². The van der Waals surface area contributed by atoms with Gasteiger partial charge in [-0.2, -0.15) is 0 Å². The maximum atomic E-state index is 5.36. The third-order valence-corrected chi connectivity index (χ3v) is 7.28. The van der Waals surface area contributed by atoms with E-state index in [1.807, 2.05) is 103 Å². The van der Waals surface area contributed by atoms with Crippen LogP contribution in [0.3, 0.4) is 0 Å². The molecular weight excluding hydrogens is 518 g/mol. The number of rotatable bonds is 3. The summed E-state index contributed by atoms with van der Waals surface area (Å²) in [6.07, 6.45) is 28.9. The molecule has 0 saturated carbocycles. The van der Waals surface area contributed by atoms with Crippen LogP contribution in [0.1, 0.15) is 16.7 Å². The van der Waals surface area contributed by atoms with Gasteiger partial charge in [0.1, 0.15) is 0 Å². The smallest absolute Gasteiger partial charge is 0.0822 e. The monoisotopic (exact) mass is 539 g/mol. The lowest BCUT2D eigenvalue weighted by molar-refractivity contribution is 1.30. The first-order chi connectivity index (χ1) is 20.8. The first-order valence-corrected chi connectivity index (χ1v) is 13.5. The highest BCUT2D eigenvalue weighted by Gasteiger charge is 2.30. The minimum Gasteiger partial charge on any atom is -0.265 e. The molecule has 5 aliphatic heterocycles. The Kier molecular flexibility index (Phi) is 5.64. The van der Waals surface area contributed by atoms with Gasteiger partial charge in [0.25, 0.3) is 0 Å². The van der Waals surface area contributed by atoms with Crippen LogP contribution in [0.5, 0.6) is 0 Å². The van der Waals surface area contributed by atoms with Gasteiger partial charge in [0, 0.05) is 53.9 Å². The standard InChI is InChI=1S/C35H21N7/c1-2-27-20-28-5-6-30(41-28)33(23-9-15-37-16-10-23)35-34(24-11-17-38-18-12-24)32(22-7-13-36-14-8-22)31(42-35)21-29-4-3-26(40-29)19-25(1)39-27/h1-21H. The van der Waals surface area contributed by atoms with Crippen LogP contribution in [-0.2, 0) is 0 Å². The maximum Gasteiger partial charge on any atom is 0.0822 e. The highest BCUT2D eigenvalue weighted by atomic mass is 14.9. The zero-order chi connectivity index (χ0) is 27.9. The number of hydrogen-bond donors (Lipinski definition) is 0. The van der Waals surface area contributed by atoms with Crippen LogP contribution < -0.4 is 0 Å². The van der Waals surface area contributed by atoms with Crippen molar-refractivity contribution in [1.82, 2.24) is 15.0 Å². The molecule has 8 bridgehead atoms. The van der Waals surface area contributed by atoms with E-state index >= 15 is 0 Å². The summed E-state index contributed by atoms with van der Waals surface area (Å²) in [5, 5.41) is 0. The van der Waals surface area contributed by atoms with E-state index in [0.29, 0.717) is 0 Å². The van der Waals surface area contributed by atoms with E-state index in [-0.39, 0.29) is 0 Å². The van der Waals surface area contributed by atoms with Crippen molar-refractivity contribution >= 4 is 39.6 Å². The molecule has 8 heterocycles. The Morgan fingerprint density at radius 1 is 0.357 bits per heavy atom. The number of nitrogens with zero attached hydrogens (tertiary/aromatic N) is 7. The zero-order valence-corrected chi connectivity index (χ0v) is 22.3. The van der Waals surface area contributed by atoms with Gasteiger partial charge < -0.3 is 0 Å². The molecule has 0 radical (unpaired) electrons. The second kappa shape index (κ2) is 9.91. The fraction of sp³-hybridized carbons (Fsp3) is 0. The van der Waals surface area contributed by atoms with Gasteiger partial charge in [0.15, 0.2) is 0 Å². The number of aliphatic imine (C=N–C) groups is 4. The Bertz CT molecular complexity index is 2030. The van der Waals surface area contributed by atoms with E-state index in [1.165, 1.54) is 0 Å².